The second-order valence-corrected chi connectivity index (χ2v) is 6.89. The van der Waals surface area contributed by atoms with Crippen LogP contribution in [0.1, 0.15) is 23.0 Å². The maximum absolute atomic E-state index is 13.1. The lowest BCUT2D eigenvalue weighted by Crippen LogP contribution is -2.17. The second-order valence-electron chi connectivity index (χ2n) is 6.89. The quantitative estimate of drug-likeness (QED) is 0.457. The second kappa shape index (κ2) is 8.58. The summed E-state index contributed by atoms with van der Waals surface area (Å²) in [5.74, 6) is -0.116. The van der Waals surface area contributed by atoms with Crippen molar-refractivity contribution < 1.29 is 4.79 Å². The normalized spacial score (nSPS) is 10.6. The van der Waals surface area contributed by atoms with Crippen LogP contribution < -0.4 is 16.8 Å². The van der Waals surface area contributed by atoms with E-state index in [9.17, 15) is 4.79 Å². The van der Waals surface area contributed by atoms with E-state index in [1.165, 1.54) is 18.1 Å². The number of benzene rings is 1. The van der Waals surface area contributed by atoms with Crippen molar-refractivity contribution in [1.29, 1.82) is 0 Å². The molecule has 5 N–H and O–H groups in total. The molecule has 0 radical (unpaired) electrons. The number of amides is 1. The third kappa shape index (κ3) is 4.32. The van der Waals surface area contributed by atoms with E-state index >= 15 is 0 Å². The number of pyridine rings is 2. The number of aromatic nitrogens is 4. The van der Waals surface area contributed by atoms with Crippen molar-refractivity contribution in [2.24, 2.45) is 0 Å². The van der Waals surface area contributed by atoms with Gasteiger partial charge in [-0.25, -0.2) is 15.0 Å². The van der Waals surface area contributed by atoms with Gasteiger partial charge in [0, 0.05) is 23.4 Å². The van der Waals surface area contributed by atoms with Gasteiger partial charge in [-0.15, -0.1) is 0 Å². The van der Waals surface area contributed by atoms with Crippen LogP contribution in [-0.4, -0.2) is 25.8 Å². The van der Waals surface area contributed by atoms with Crippen molar-refractivity contribution >= 4 is 23.1 Å². The molecule has 4 rings (SSSR count). The Labute approximate surface area is 179 Å². The van der Waals surface area contributed by atoms with Gasteiger partial charge in [-0.2, -0.15) is 0 Å². The Morgan fingerprint density at radius 1 is 1.03 bits per heavy atom. The number of carbonyl (C=O) groups excluding carboxylic acids is 1. The van der Waals surface area contributed by atoms with Crippen LogP contribution in [0, 0.1) is 0 Å². The monoisotopic (exact) mass is 411 g/mol. The molecule has 0 bridgehead atoms. The third-order valence-electron chi connectivity index (χ3n) is 4.81. The molecule has 0 aliphatic heterocycles. The summed E-state index contributed by atoms with van der Waals surface area (Å²) in [7, 11) is 0. The molecule has 4 aromatic rings. The topological polar surface area (TPSA) is 133 Å². The molecule has 0 spiro atoms. The van der Waals surface area contributed by atoms with Crippen LogP contribution in [0.2, 0.25) is 0 Å². The fraction of sp³-hybridized carbons (Fsp3) is 0.0870. The summed E-state index contributed by atoms with van der Waals surface area (Å²) >= 11 is 0. The van der Waals surface area contributed by atoms with Gasteiger partial charge in [0.2, 0.25) is 0 Å². The van der Waals surface area contributed by atoms with Crippen molar-refractivity contribution in [2.75, 3.05) is 16.8 Å². The van der Waals surface area contributed by atoms with Crippen LogP contribution in [-0.2, 0) is 6.42 Å². The van der Waals surface area contributed by atoms with Crippen LogP contribution in [0.3, 0.4) is 0 Å². The average molecular weight is 411 g/mol. The summed E-state index contributed by atoms with van der Waals surface area (Å²) < 4.78 is 0. The van der Waals surface area contributed by atoms with E-state index < -0.39 is 5.91 Å². The molecule has 0 aliphatic carbocycles. The molecule has 0 aliphatic rings. The Hall–Kier alpha value is -4.33. The van der Waals surface area contributed by atoms with Gasteiger partial charge in [0.1, 0.15) is 12.1 Å². The Morgan fingerprint density at radius 3 is 2.71 bits per heavy atom. The number of carbonyl (C=O) groups is 1. The Bertz CT molecular complexity index is 1260. The summed E-state index contributed by atoms with van der Waals surface area (Å²) in [6.45, 7) is 2.09. The van der Waals surface area contributed by atoms with Gasteiger partial charge in [-0.1, -0.05) is 25.1 Å². The highest BCUT2D eigenvalue weighted by molar-refractivity contribution is 6.08. The van der Waals surface area contributed by atoms with E-state index in [1.807, 2.05) is 12.1 Å². The van der Waals surface area contributed by atoms with Crippen molar-refractivity contribution in [3.05, 3.63) is 78.5 Å². The van der Waals surface area contributed by atoms with E-state index in [4.69, 9.17) is 11.5 Å². The van der Waals surface area contributed by atoms with Crippen LogP contribution in [0.15, 0.2) is 67.3 Å². The minimum Gasteiger partial charge on any atom is -0.397 e. The summed E-state index contributed by atoms with van der Waals surface area (Å²) in [6.07, 6.45) is 5.42. The van der Waals surface area contributed by atoms with Gasteiger partial charge >= 0.3 is 0 Å². The largest absolute Gasteiger partial charge is 0.397 e. The van der Waals surface area contributed by atoms with Crippen LogP contribution in [0.5, 0.6) is 0 Å². The highest BCUT2D eigenvalue weighted by Gasteiger charge is 2.16. The molecule has 31 heavy (non-hydrogen) atoms. The Kier molecular flexibility index (Phi) is 5.53. The van der Waals surface area contributed by atoms with E-state index in [0.29, 0.717) is 28.5 Å². The number of nitrogens with two attached hydrogens (primary N) is 2. The number of hydrogen-bond acceptors (Lipinski definition) is 7. The van der Waals surface area contributed by atoms with Gasteiger partial charge in [0.05, 0.1) is 29.0 Å². The lowest BCUT2D eigenvalue weighted by Gasteiger charge is -2.12. The number of nitrogen functional groups attached to an aromatic ring is 2. The molecule has 0 atom stereocenters. The van der Waals surface area contributed by atoms with E-state index in [2.05, 4.69) is 44.3 Å². The molecule has 3 heterocycles. The predicted octanol–water partition coefficient (Wildman–Crippen LogP) is 3.58. The Balaban J connectivity index is 1.67. The van der Waals surface area contributed by atoms with Gasteiger partial charge in [-0.05, 0) is 36.2 Å². The Morgan fingerprint density at radius 2 is 1.90 bits per heavy atom. The highest BCUT2D eigenvalue weighted by atomic mass is 16.1. The molecule has 8 nitrogen and oxygen atoms in total. The summed E-state index contributed by atoms with van der Waals surface area (Å²) in [5.41, 5.74) is 16.7. The SMILES string of the molecule is CCc1cccc(-c2ccc(N)c(C(=O)Nc3cnccc3-c3cc(N)ncn3)n2)c1. The molecule has 0 fully saturated rings. The zero-order valence-electron chi connectivity index (χ0n) is 16.9. The molecule has 154 valence electrons. The van der Waals surface area contributed by atoms with E-state index in [0.717, 1.165) is 12.0 Å². The minimum atomic E-state index is -0.442. The minimum absolute atomic E-state index is 0.136. The standard InChI is InChI=1S/C23H21N7O/c1-2-14-4-3-5-15(10-14)18-7-6-17(24)22(29-18)23(31)30-20-12-26-9-8-16(20)19-11-21(25)28-13-27-19/h3-13H,2,24H2,1H3,(H,30,31)(H2,25,27,28). The predicted molar refractivity (Wildman–Crippen MR) is 121 cm³/mol. The molecule has 1 aromatic carbocycles. The molecule has 0 unspecified atom stereocenters. The first-order valence-electron chi connectivity index (χ1n) is 9.74. The van der Waals surface area contributed by atoms with Crippen LogP contribution >= 0.6 is 0 Å². The molecule has 3 aromatic heterocycles. The van der Waals surface area contributed by atoms with E-state index in [-0.39, 0.29) is 11.4 Å². The number of aryl methyl sites for hydroxylation is 1. The fourth-order valence-corrected chi connectivity index (χ4v) is 3.18. The molecular formula is C23H21N7O. The lowest BCUT2D eigenvalue weighted by molar-refractivity contribution is 0.102. The first-order valence-corrected chi connectivity index (χ1v) is 9.74. The average Bonchev–Trinajstić information content (AvgIpc) is 2.79. The van der Waals surface area contributed by atoms with Crippen LogP contribution in [0.4, 0.5) is 17.2 Å². The van der Waals surface area contributed by atoms with Crippen molar-refractivity contribution in [1.82, 2.24) is 19.9 Å². The molecular weight excluding hydrogens is 390 g/mol. The molecule has 0 saturated heterocycles. The van der Waals surface area contributed by atoms with Gasteiger partial charge in [0.15, 0.2) is 5.69 Å². The number of rotatable bonds is 5. The summed E-state index contributed by atoms with van der Waals surface area (Å²) in [6, 6.07) is 14.9. The fourth-order valence-electron chi connectivity index (χ4n) is 3.18. The lowest BCUT2D eigenvalue weighted by atomic mass is 10.1. The molecule has 8 heteroatoms. The highest BCUT2D eigenvalue weighted by Crippen LogP contribution is 2.27. The smallest absolute Gasteiger partial charge is 0.276 e. The summed E-state index contributed by atoms with van der Waals surface area (Å²) in [5, 5.41) is 2.84. The van der Waals surface area contributed by atoms with E-state index in [1.54, 1.807) is 30.5 Å². The first-order chi connectivity index (χ1) is 15.0. The molecule has 0 saturated carbocycles. The van der Waals surface area contributed by atoms with Crippen LogP contribution in [0.25, 0.3) is 22.5 Å². The number of hydrogen-bond donors (Lipinski definition) is 3. The number of nitrogens with one attached hydrogen (secondary N) is 1. The number of anilines is 3. The zero-order valence-corrected chi connectivity index (χ0v) is 16.9. The van der Waals surface area contributed by atoms with Crippen molar-refractivity contribution in [3.8, 4) is 22.5 Å². The van der Waals surface area contributed by atoms with Gasteiger partial charge < -0.3 is 16.8 Å². The maximum atomic E-state index is 13.1. The summed E-state index contributed by atoms with van der Waals surface area (Å²) in [4.78, 5) is 29.8. The first kappa shape index (κ1) is 20.0. The zero-order chi connectivity index (χ0) is 21.8. The maximum Gasteiger partial charge on any atom is 0.276 e. The molecule has 1 amide bonds. The van der Waals surface area contributed by atoms with Gasteiger partial charge in [-0.3, -0.25) is 9.78 Å². The van der Waals surface area contributed by atoms with Gasteiger partial charge in [0.25, 0.3) is 5.91 Å². The van der Waals surface area contributed by atoms with Crippen molar-refractivity contribution in [2.45, 2.75) is 13.3 Å². The van der Waals surface area contributed by atoms with Crippen molar-refractivity contribution in [3.63, 3.8) is 0 Å². The number of nitrogens with zero attached hydrogens (tertiary/aromatic N) is 4. The third-order valence-corrected chi connectivity index (χ3v) is 4.81.